The molecule has 0 aliphatic rings. The van der Waals surface area contributed by atoms with Crippen LogP contribution >= 0.6 is 0 Å². The van der Waals surface area contributed by atoms with Crippen LogP contribution in [0.4, 0.5) is 13.2 Å². The van der Waals surface area contributed by atoms with Gasteiger partial charge in [0.15, 0.2) is 0 Å². The standard InChI is InChI=1S/C31H32F3N3O3/c1-18(2)13-28(21-5-7-22(8-6-21)30(40)35-12-11-29(38)39)37-17-23-16-26(20(4)15-27(23)36-37)25-10-9-24(14-19(25)3)31(32,33)34/h5-10,14-18,28H,11-13H2,1-4H3,(H,35,40)(H,38,39). The van der Waals surface area contributed by atoms with Crippen LogP contribution in [-0.2, 0) is 11.0 Å². The predicted octanol–water partition coefficient (Wildman–Crippen LogP) is 7.18. The molecule has 4 rings (SSSR count). The number of nitrogens with zero attached hydrogens (tertiary/aromatic N) is 2. The van der Waals surface area contributed by atoms with Gasteiger partial charge in [0.05, 0.1) is 23.5 Å². The van der Waals surface area contributed by atoms with Gasteiger partial charge in [-0.3, -0.25) is 14.3 Å². The van der Waals surface area contributed by atoms with Gasteiger partial charge in [-0.1, -0.05) is 32.0 Å². The van der Waals surface area contributed by atoms with Gasteiger partial charge in [-0.25, -0.2) is 0 Å². The van der Waals surface area contributed by atoms with E-state index in [1.165, 1.54) is 12.1 Å². The first-order chi connectivity index (χ1) is 18.8. The number of nitrogens with one attached hydrogen (secondary N) is 1. The van der Waals surface area contributed by atoms with Crippen LogP contribution < -0.4 is 5.32 Å². The summed E-state index contributed by atoms with van der Waals surface area (Å²) in [5.74, 6) is -0.960. The lowest BCUT2D eigenvalue weighted by atomic mass is 9.94. The second-order valence-corrected chi connectivity index (χ2v) is 10.5. The normalized spacial score (nSPS) is 12.6. The van der Waals surface area contributed by atoms with E-state index in [1.54, 1.807) is 19.1 Å². The fraction of sp³-hybridized carbons (Fsp3) is 0.323. The number of benzene rings is 3. The fourth-order valence-corrected chi connectivity index (χ4v) is 4.87. The zero-order valence-electron chi connectivity index (χ0n) is 22.8. The minimum absolute atomic E-state index is 0.0547. The van der Waals surface area contributed by atoms with Crippen LogP contribution in [0, 0.1) is 19.8 Å². The number of aliphatic carboxylic acids is 1. The van der Waals surface area contributed by atoms with Gasteiger partial charge in [-0.2, -0.15) is 18.3 Å². The van der Waals surface area contributed by atoms with Gasteiger partial charge in [0.2, 0.25) is 0 Å². The zero-order valence-corrected chi connectivity index (χ0v) is 22.8. The van der Waals surface area contributed by atoms with Crippen LogP contribution in [0.5, 0.6) is 0 Å². The van der Waals surface area contributed by atoms with Crippen molar-refractivity contribution in [2.45, 2.75) is 52.8 Å². The third-order valence-corrected chi connectivity index (χ3v) is 6.91. The number of hydrogen-bond acceptors (Lipinski definition) is 3. The third-order valence-electron chi connectivity index (χ3n) is 6.91. The lowest BCUT2D eigenvalue weighted by Gasteiger charge is -2.20. The number of carboxylic acid groups (broad SMARTS) is 1. The first-order valence-corrected chi connectivity index (χ1v) is 13.1. The molecule has 210 valence electrons. The van der Waals surface area contributed by atoms with Gasteiger partial charge in [-0.05, 0) is 90.4 Å². The number of amides is 1. The van der Waals surface area contributed by atoms with E-state index >= 15 is 0 Å². The van der Waals surface area contributed by atoms with Crippen molar-refractivity contribution in [2.24, 2.45) is 5.92 Å². The van der Waals surface area contributed by atoms with Crippen molar-refractivity contribution in [3.63, 3.8) is 0 Å². The highest BCUT2D eigenvalue weighted by Crippen LogP contribution is 2.36. The molecule has 1 amide bonds. The molecule has 0 spiro atoms. The molecular formula is C31H32F3N3O3. The molecule has 6 nitrogen and oxygen atoms in total. The van der Waals surface area contributed by atoms with E-state index in [1.807, 2.05) is 42.1 Å². The number of rotatable bonds is 9. The molecule has 1 atom stereocenters. The number of alkyl halides is 3. The molecule has 0 aliphatic heterocycles. The first kappa shape index (κ1) is 28.9. The molecule has 1 aromatic heterocycles. The molecule has 1 heterocycles. The lowest BCUT2D eigenvalue weighted by molar-refractivity contribution is -0.138. The number of carbonyl (C=O) groups is 2. The largest absolute Gasteiger partial charge is 0.481 e. The molecule has 4 aromatic rings. The highest BCUT2D eigenvalue weighted by Gasteiger charge is 2.30. The number of fused-ring (bicyclic) bond motifs is 1. The van der Waals surface area contributed by atoms with E-state index in [0.29, 0.717) is 17.0 Å². The summed E-state index contributed by atoms with van der Waals surface area (Å²) < 4.78 is 41.5. The summed E-state index contributed by atoms with van der Waals surface area (Å²) in [6.07, 6.45) is -1.79. The molecule has 0 aliphatic carbocycles. The maximum Gasteiger partial charge on any atom is 0.416 e. The summed E-state index contributed by atoms with van der Waals surface area (Å²) in [6, 6.07) is 14.8. The number of aryl methyl sites for hydroxylation is 2. The molecule has 0 fully saturated rings. The molecule has 0 radical (unpaired) electrons. The van der Waals surface area contributed by atoms with Crippen LogP contribution in [0.2, 0.25) is 0 Å². The van der Waals surface area contributed by atoms with Crippen LogP contribution in [-0.4, -0.2) is 33.3 Å². The Morgan fingerprint density at radius 3 is 2.25 bits per heavy atom. The molecule has 2 N–H and O–H groups in total. The molecule has 0 saturated carbocycles. The highest BCUT2D eigenvalue weighted by atomic mass is 19.4. The second kappa shape index (κ2) is 11.5. The lowest BCUT2D eigenvalue weighted by Crippen LogP contribution is -2.26. The Morgan fingerprint density at radius 2 is 1.65 bits per heavy atom. The van der Waals surface area contributed by atoms with E-state index in [-0.39, 0.29) is 24.9 Å². The Labute approximate surface area is 230 Å². The summed E-state index contributed by atoms with van der Waals surface area (Å²) in [7, 11) is 0. The topological polar surface area (TPSA) is 84.2 Å². The molecular weight excluding hydrogens is 519 g/mol. The highest BCUT2D eigenvalue weighted by molar-refractivity contribution is 5.94. The fourth-order valence-electron chi connectivity index (χ4n) is 4.87. The Balaban J connectivity index is 1.65. The van der Waals surface area contributed by atoms with Crippen molar-refractivity contribution in [3.8, 4) is 11.1 Å². The van der Waals surface area contributed by atoms with Crippen LogP contribution in [0.3, 0.4) is 0 Å². The summed E-state index contributed by atoms with van der Waals surface area (Å²) in [5, 5.41) is 17.1. The minimum atomic E-state index is -4.39. The van der Waals surface area contributed by atoms with Crippen molar-refractivity contribution in [3.05, 3.63) is 88.6 Å². The maximum atomic E-state index is 13.2. The van der Waals surface area contributed by atoms with Crippen molar-refractivity contribution >= 4 is 22.8 Å². The van der Waals surface area contributed by atoms with E-state index in [9.17, 15) is 22.8 Å². The van der Waals surface area contributed by atoms with Crippen LogP contribution in [0.25, 0.3) is 22.0 Å². The first-order valence-electron chi connectivity index (χ1n) is 13.1. The number of carboxylic acids is 1. The molecule has 0 bridgehead atoms. The average molecular weight is 552 g/mol. The molecule has 40 heavy (non-hydrogen) atoms. The number of carbonyl (C=O) groups excluding carboxylic acids is 1. The Bertz CT molecular complexity index is 1540. The van der Waals surface area contributed by atoms with Crippen molar-refractivity contribution < 1.29 is 27.9 Å². The van der Waals surface area contributed by atoms with Crippen molar-refractivity contribution in [1.29, 1.82) is 0 Å². The minimum Gasteiger partial charge on any atom is -0.481 e. The predicted molar refractivity (Wildman–Crippen MR) is 148 cm³/mol. The van der Waals surface area contributed by atoms with Crippen molar-refractivity contribution in [1.82, 2.24) is 15.1 Å². The summed E-state index contributed by atoms with van der Waals surface area (Å²) in [4.78, 5) is 23.1. The van der Waals surface area contributed by atoms with Gasteiger partial charge in [0, 0.05) is 23.7 Å². The number of halogens is 3. The Kier molecular flexibility index (Phi) is 8.32. The number of hydrogen-bond donors (Lipinski definition) is 2. The van der Waals surface area contributed by atoms with Gasteiger partial charge < -0.3 is 10.4 Å². The van der Waals surface area contributed by atoms with Gasteiger partial charge in [0.25, 0.3) is 5.91 Å². The quantitative estimate of drug-likeness (QED) is 0.231. The monoisotopic (exact) mass is 551 g/mol. The third kappa shape index (κ3) is 6.52. The SMILES string of the molecule is Cc1cc(C(F)(F)F)ccc1-c1cc2cn(C(CC(C)C)c3ccc(C(=O)NCCC(=O)O)cc3)nc2cc1C. The van der Waals surface area contributed by atoms with E-state index < -0.39 is 17.7 Å². The van der Waals surface area contributed by atoms with E-state index in [4.69, 9.17) is 10.2 Å². The maximum absolute atomic E-state index is 13.2. The molecule has 1 unspecified atom stereocenters. The average Bonchev–Trinajstić information content (AvgIpc) is 3.28. The van der Waals surface area contributed by atoms with Gasteiger partial charge in [-0.15, -0.1) is 0 Å². The van der Waals surface area contributed by atoms with E-state index in [0.717, 1.165) is 45.6 Å². The Hall–Kier alpha value is -4.14. The van der Waals surface area contributed by atoms with Crippen LogP contribution in [0.1, 0.15) is 65.3 Å². The zero-order chi connectivity index (χ0) is 29.2. The molecule has 0 saturated heterocycles. The van der Waals surface area contributed by atoms with E-state index in [2.05, 4.69) is 19.2 Å². The molecule has 3 aromatic carbocycles. The number of aromatic nitrogens is 2. The van der Waals surface area contributed by atoms with Gasteiger partial charge >= 0.3 is 12.1 Å². The molecule has 9 heteroatoms. The van der Waals surface area contributed by atoms with Gasteiger partial charge in [0.1, 0.15) is 0 Å². The Morgan fingerprint density at radius 1 is 0.975 bits per heavy atom. The summed E-state index contributed by atoms with van der Waals surface area (Å²) >= 11 is 0. The van der Waals surface area contributed by atoms with Crippen molar-refractivity contribution in [2.75, 3.05) is 6.54 Å². The second-order valence-electron chi connectivity index (χ2n) is 10.5. The summed E-state index contributed by atoms with van der Waals surface area (Å²) in [6.45, 7) is 7.91. The smallest absolute Gasteiger partial charge is 0.416 e. The van der Waals surface area contributed by atoms with Crippen LogP contribution in [0.15, 0.2) is 60.8 Å². The summed E-state index contributed by atoms with van der Waals surface area (Å²) in [5.41, 5.74) is 4.60.